The summed E-state index contributed by atoms with van der Waals surface area (Å²) in [6.07, 6.45) is 1.87. The van der Waals surface area contributed by atoms with Gasteiger partial charge in [0.05, 0.1) is 5.25 Å². The minimum atomic E-state index is -0.0808. The van der Waals surface area contributed by atoms with Crippen LogP contribution in [0.25, 0.3) is 0 Å². The highest BCUT2D eigenvalue weighted by Crippen LogP contribution is 2.18. The summed E-state index contributed by atoms with van der Waals surface area (Å²) in [6.45, 7) is 6.63. The van der Waals surface area contributed by atoms with Gasteiger partial charge in [-0.1, -0.05) is 36.4 Å². The molecule has 0 unspecified atom stereocenters. The molecule has 144 valence electrons. The molecule has 1 amide bonds. The van der Waals surface area contributed by atoms with Crippen molar-refractivity contribution in [2.24, 2.45) is 0 Å². The largest absolute Gasteiger partial charge is 0.354 e. The van der Waals surface area contributed by atoms with E-state index in [9.17, 15) is 4.79 Å². The third kappa shape index (κ3) is 5.97. The Morgan fingerprint density at radius 3 is 2.52 bits per heavy atom. The predicted octanol–water partition coefficient (Wildman–Crippen LogP) is 2.77. The number of aromatic nitrogens is 1. The van der Waals surface area contributed by atoms with E-state index in [4.69, 9.17) is 0 Å². The highest BCUT2D eigenvalue weighted by atomic mass is 32.2. The molecule has 1 saturated heterocycles. The van der Waals surface area contributed by atoms with Gasteiger partial charge in [-0.3, -0.25) is 4.79 Å². The molecule has 3 rings (SSSR count). The molecule has 0 saturated carbocycles. The lowest BCUT2D eigenvalue weighted by Crippen LogP contribution is -2.44. The molecule has 2 aromatic rings. The van der Waals surface area contributed by atoms with Crippen LogP contribution in [0.5, 0.6) is 0 Å². The van der Waals surface area contributed by atoms with Crippen LogP contribution in [0, 0.1) is 0 Å². The van der Waals surface area contributed by atoms with Crippen molar-refractivity contribution in [3.63, 3.8) is 0 Å². The summed E-state index contributed by atoms with van der Waals surface area (Å²) in [5.41, 5.74) is 2.27. The van der Waals surface area contributed by atoms with E-state index >= 15 is 0 Å². The number of piperazine rings is 1. The number of amides is 1. The van der Waals surface area contributed by atoms with Crippen LogP contribution in [0.1, 0.15) is 18.1 Å². The van der Waals surface area contributed by atoms with Gasteiger partial charge in [-0.2, -0.15) is 0 Å². The van der Waals surface area contributed by atoms with Crippen molar-refractivity contribution in [3.05, 3.63) is 59.8 Å². The highest BCUT2D eigenvalue weighted by molar-refractivity contribution is 7.99. The van der Waals surface area contributed by atoms with Gasteiger partial charge < -0.3 is 15.1 Å². The summed E-state index contributed by atoms with van der Waals surface area (Å²) in [7, 11) is 2.15. The van der Waals surface area contributed by atoms with Crippen LogP contribution < -0.4 is 10.2 Å². The SMILES string of the molecule is C[C@@H](SCc1ccccc1)C(=O)NCc1ccc(N2CCN(C)CC2)nc1. The third-order valence-corrected chi connectivity index (χ3v) is 6.03. The first-order chi connectivity index (χ1) is 13.1. The van der Waals surface area contributed by atoms with E-state index in [2.05, 4.69) is 51.4 Å². The second kappa shape index (κ2) is 9.76. The van der Waals surface area contributed by atoms with E-state index in [1.807, 2.05) is 31.3 Å². The quantitative estimate of drug-likeness (QED) is 0.795. The first kappa shape index (κ1) is 19.7. The molecule has 1 aromatic heterocycles. The molecule has 6 heteroatoms. The van der Waals surface area contributed by atoms with Gasteiger partial charge in [0, 0.05) is 44.7 Å². The first-order valence-electron chi connectivity index (χ1n) is 9.43. The number of likely N-dealkylation sites (N-methyl/N-ethyl adjacent to an activating group) is 1. The molecule has 27 heavy (non-hydrogen) atoms. The first-order valence-corrected chi connectivity index (χ1v) is 10.5. The van der Waals surface area contributed by atoms with E-state index in [1.54, 1.807) is 11.8 Å². The predicted molar refractivity (Wildman–Crippen MR) is 113 cm³/mol. The zero-order chi connectivity index (χ0) is 19.1. The summed E-state index contributed by atoms with van der Waals surface area (Å²) < 4.78 is 0. The Labute approximate surface area is 166 Å². The van der Waals surface area contributed by atoms with E-state index < -0.39 is 0 Å². The molecule has 0 spiro atoms. The molecule has 1 fully saturated rings. The van der Waals surface area contributed by atoms with E-state index in [0.717, 1.165) is 43.3 Å². The fraction of sp³-hybridized carbons (Fsp3) is 0.429. The van der Waals surface area contributed by atoms with Crippen LogP contribution in [0.4, 0.5) is 5.82 Å². The number of hydrogen-bond donors (Lipinski definition) is 1. The highest BCUT2D eigenvalue weighted by Gasteiger charge is 2.16. The van der Waals surface area contributed by atoms with Gasteiger partial charge in [0.15, 0.2) is 0 Å². The number of thioether (sulfide) groups is 1. The van der Waals surface area contributed by atoms with Crippen molar-refractivity contribution >= 4 is 23.5 Å². The Hall–Kier alpha value is -2.05. The Morgan fingerprint density at radius 1 is 1.11 bits per heavy atom. The molecule has 0 radical (unpaired) electrons. The Morgan fingerprint density at radius 2 is 1.85 bits per heavy atom. The fourth-order valence-corrected chi connectivity index (χ4v) is 3.82. The minimum absolute atomic E-state index is 0.0686. The Balaban J connectivity index is 1.43. The summed E-state index contributed by atoms with van der Waals surface area (Å²) >= 11 is 1.66. The maximum Gasteiger partial charge on any atom is 0.233 e. The zero-order valence-electron chi connectivity index (χ0n) is 16.1. The van der Waals surface area contributed by atoms with Crippen LogP contribution in [0.3, 0.4) is 0 Å². The maximum atomic E-state index is 12.3. The normalized spacial score (nSPS) is 16.1. The topological polar surface area (TPSA) is 48.5 Å². The van der Waals surface area contributed by atoms with Crippen LogP contribution in [0.2, 0.25) is 0 Å². The second-order valence-corrected chi connectivity index (χ2v) is 8.30. The third-order valence-electron chi connectivity index (χ3n) is 4.82. The average molecular weight is 385 g/mol. The molecule has 0 bridgehead atoms. The number of nitrogens with one attached hydrogen (secondary N) is 1. The monoisotopic (exact) mass is 384 g/mol. The maximum absolute atomic E-state index is 12.3. The van der Waals surface area contributed by atoms with Gasteiger partial charge in [-0.15, -0.1) is 11.8 Å². The lowest BCUT2D eigenvalue weighted by Gasteiger charge is -2.33. The average Bonchev–Trinajstić information content (AvgIpc) is 2.72. The van der Waals surface area contributed by atoms with Crippen molar-refractivity contribution in [1.29, 1.82) is 0 Å². The summed E-state index contributed by atoms with van der Waals surface area (Å²) in [6, 6.07) is 14.4. The van der Waals surface area contributed by atoms with Gasteiger partial charge in [0.2, 0.25) is 5.91 Å². The van der Waals surface area contributed by atoms with E-state index in [1.165, 1.54) is 5.56 Å². The molecular formula is C21H28N4OS. The van der Waals surface area contributed by atoms with Crippen molar-refractivity contribution in [3.8, 4) is 0 Å². The Kier molecular flexibility index (Phi) is 7.12. The molecule has 2 heterocycles. The molecule has 1 aliphatic heterocycles. The fourth-order valence-electron chi connectivity index (χ4n) is 2.95. The van der Waals surface area contributed by atoms with Crippen molar-refractivity contribution in [2.75, 3.05) is 38.1 Å². The van der Waals surface area contributed by atoms with Crippen molar-refractivity contribution < 1.29 is 4.79 Å². The van der Waals surface area contributed by atoms with Crippen LogP contribution >= 0.6 is 11.8 Å². The van der Waals surface area contributed by atoms with Crippen molar-refractivity contribution in [1.82, 2.24) is 15.2 Å². The number of carbonyl (C=O) groups excluding carboxylic acids is 1. The van der Waals surface area contributed by atoms with Gasteiger partial charge in [0.1, 0.15) is 5.82 Å². The van der Waals surface area contributed by atoms with Crippen LogP contribution in [-0.2, 0) is 17.1 Å². The number of rotatable bonds is 7. The molecular weight excluding hydrogens is 356 g/mol. The number of hydrogen-bond acceptors (Lipinski definition) is 5. The molecule has 0 aliphatic carbocycles. The van der Waals surface area contributed by atoms with Gasteiger partial charge >= 0.3 is 0 Å². The number of pyridine rings is 1. The summed E-state index contributed by atoms with van der Waals surface area (Å²) in [5.74, 6) is 1.93. The molecule has 1 aromatic carbocycles. The number of nitrogens with zero attached hydrogens (tertiary/aromatic N) is 3. The number of carbonyl (C=O) groups is 1. The Bertz CT molecular complexity index is 715. The summed E-state index contributed by atoms with van der Waals surface area (Å²) in [5, 5.41) is 2.94. The standard InChI is InChI=1S/C21H28N4OS/c1-17(27-16-18-6-4-3-5-7-18)21(26)23-15-19-8-9-20(22-14-19)25-12-10-24(2)11-13-25/h3-9,14,17H,10-13,15-16H2,1-2H3,(H,23,26)/t17-/m1/s1. The lowest BCUT2D eigenvalue weighted by molar-refractivity contribution is -0.120. The molecule has 1 N–H and O–H groups in total. The van der Waals surface area contributed by atoms with E-state index in [-0.39, 0.29) is 11.2 Å². The minimum Gasteiger partial charge on any atom is -0.354 e. The smallest absolute Gasteiger partial charge is 0.233 e. The molecule has 5 nitrogen and oxygen atoms in total. The van der Waals surface area contributed by atoms with Crippen LogP contribution in [-0.4, -0.2) is 54.3 Å². The lowest BCUT2D eigenvalue weighted by atomic mass is 10.2. The van der Waals surface area contributed by atoms with E-state index in [0.29, 0.717) is 6.54 Å². The summed E-state index contributed by atoms with van der Waals surface area (Å²) in [4.78, 5) is 21.5. The zero-order valence-corrected chi connectivity index (χ0v) is 16.9. The number of benzene rings is 1. The second-order valence-electron chi connectivity index (χ2n) is 6.97. The molecule has 1 atom stereocenters. The van der Waals surface area contributed by atoms with Gasteiger partial charge in [-0.25, -0.2) is 4.98 Å². The van der Waals surface area contributed by atoms with Crippen molar-refractivity contribution in [2.45, 2.75) is 24.5 Å². The van der Waals surface area contributed by atoms with Crippen LogP contribution in [0.15, 0.2) is 48.7 Å². The van der Waals surface area contributed by atoms with Gasteiger partial charge in [0.25, 0.3) is 0 Å². The van der Waals surface area contributed by atoms with Gasteiger partial charge in [-0.05, 0) is 31.2 Å². The molecule has 1 aliphatic rings. The number of anilines is 1.